The lowest BCUT2D eigenvalue weighted by Gasteiger charge is -2.32. The third-order valence-corrected chi connectivity index (χ3v) is 4.14. The number of nitrogens with one attached hydrogen (secondary N) is 1. The Bertz CT molecular complexity index is 755. The second-order valence-electron chi connectivity index (χ2n) is 5.12. The lowest BCUT2D eigenvalue weighted by molar-refractivity contribution is -0.0228. The van der Waals surface area contributed by atoms with Crippen molar-refractivity contribution in [2.24, 2.45) is 7.05 Å². The molecule has 0 radical (unpaired) electrons. The van der Waals surface area contributed by atoms with Crippen molar-refractivity contribution in [3.8, 4) is 0 Å². The van der Waals surface area contributed by atoms with Crippen molar-refractivity contribution >= 4 is 21.8 Å². The molecule has 8 heteroatoms. The number of carbonyl (C=O) groups excluding carboxylic acids is 1. The maximum atomic E-state index is 12.6. The number of ether oxygens (including phenoxy) is 1. The number of halogens is 1. The molecule has 1 aliphatic rings. The number of hydrogen-bond donors (Lipinski definition) is 1. The first-order valence-electron chi connectivity index (χ1n) is 6.82. The van der Waals surface area contributed by atoms with Gasteiger partial charge in [-0.3, -0.25) is 14.3 Å². The van der Waals surface area contributed by atoms with E-state index in [1.807, 2.05) is 13.2 Å². The molecule has 22 heavy (non-hydrogen) atoms. The molecule has 1 amide bonds. The molecular formula is C14H15BrN4O3. The van der Waals surface area contributed by atoms with E-state index in [2.05, 4.69) is 26.0 Å². The van der Waals surface area contributed by atoms with Crippen LogP contribution in [0.25, 0.3) is 0 Å². The topological polar surface area (TPSA) is 80.2 Å². The van der Waals surface area contributed by atoms with Gasteiger partial charge in [-0.2, -0.15) is 5.10 Å². The van der Waals surface area contributed by atoms with E-state index in [0.29, 0.717) is 29.7 Å². The van der Waals surface area contributed by atoms with Crippen molar-refractivity contribution in [1.82, 2.24) is 19.7 Å². The van der Waals surface area contributed by atoms with Gasteiger partial charge in [-0.1, -0.05) is 0 Å². The van der Waals surface area contributed by atoms with Crippen LogP contribution in [0, 0.1) is 0 Å². The van der Waals surface area contributed by atoms with Gasteiger partial charge in [0.15, 0.2) is 0 Å². The molecule has 0 bridgehead atoms. The first kappa shape index (κ1) is 15.0. The Kier molecular flexibility index (Phi) is 4.12. The molecule has 1 fully saturated rings. The normalized spacial score (nSPS) is 18.5. The molecule has 7 nitrogen and oxygen atoms in total. The van der Waals surface area contributed by atoms with E-state index >= 15 is 0 Å². The van der Waals surface area contributed by atoms with Crippen molar-refractivity contribution in [2.45, 2.75) is 6.10 Å². The fourth-order valence-corrected chi connectivity index (χ4v) is 2.76. The number of amides is 1. The van der Waals surface area contributed by atoms with Gasteiger partial charge >= 0.3 is 0 Å². The first-order valence-corrected chi connectivity index (χ1v) is 7.61. The molecule has 0 aromatic carbocycles. The number of nitrogens with zero attached hydrogens (tertiary/aromatic N) is 3. The van der Waals surface area contributed by atoms with E-state index < -0.39 is 0 Å². The molecule has 1 saturated heterocycles. The van der Waals surface area contributed by atoms with Gasteiger partial charge in [-0.25, -0.2) is 0 Å². The molecule has 3 rings (SSSR count). The van der Waals surface area contributed by atoms with E-state index in [1.165, 1.54) is 12.3 Å². The molecule has 1 atom stereocenters. The smallest absolute Gasteiger partial charge is 0.262 e. The van der Waals surface area contributed by atoms with Crippen molar-refractivity contribution < 1.29 is 9.53 Å². The average Bonchev–Trinajstić information content (AvgIpc) is 2.96. The molecule has 1 unspecified atom stereocenters. The number of H-pyrrole nitrogens is 1. The van der Waals surface area contributed by atoms with Gasteiger partial charge in [0.05, 0.1) is 29.4 Å². The van der Waals surface area contributed by atoms with Gasteiger partial charge < -0.3 is 14.6 Å². The maximum absolute atomic E-state index is 12.6. The summed E-state index contributed by atoms with van der Waals surface area (Å²) in [5.41, 5.74) is 1.13. The summed E-state index contributed by atoms with van der Waals surface area (Å²) in [6.07, 6.45) is 4.88. The lowest BCUT2D eigenvalue weighted by atomic mass is 10.1. The molecule has 2 aromatic heterocycles. The summed E-state index contributed by atoms with van der Waals surface area (Å²) in [4.78, 5) is 28.2. The van der Waals surface area contributed by atoms with Crippen LogP contribution in [0.3, 0.4) is 0 Å². The van der Waals surface area contributed by atoms with Gasteiger partial charge in [0.2, 0.25) is 0 Å². The summed E-state index contributed by atoms with van der Waals surface area (Å²) in [6, 6.07) is 1.54. The molecule has 0 spiro atoms. The number of aromatic nitrogens is 3. The zero-order chi connectivity index (χ0) is 15.7. The number of carbonyl (C=O) groups is 1. The summed E-state index contributed by atoms with van der Waals surface area (Å²) in [5.74, 6) is -0.130. The SMILES string of the molecule is Cn1cc(C2CN(C(=O)c3c[nH]c(=O)c(Br)c3)CCO2)cn1. The summed E-state index contributed by atoms with van der Waals surface area (Å²) >= 11 is 3.14. The standard InChI is InChI=1S/C14H15BrN4O3/c1-18-7-10(6-17-18)12-8-19(2-3-22-12)14(21)9-4-11(15)13(20)16-5-9/h4-7,12H,2-3,8H2,1H3,(H,16,20). The number of aryl methyl sites for hydroxylation is 1. The predicted molar refractivity (Wildman–Crippen MR) is 82.6 cm³/mol. The lowest BCUT2D eigenvalue weighted by Crippen LogP contribution is -2.42. The van der Waals surface area contributed by atoms with Crippen LogP contribution in [-0.2, 0) is 11.8 Å². The summed E-state index contributed by atoms with van der Waals surface area (Å²) in [6.45, 7) is 1.45. The van der Waals surface area contributed by atoms with Crippen molar-refractivity contribution in [3.63, 3.8) is 0 Å². The third kappa shape index (κ3) is 2.97. The molecule has 0 saturated carbocycles. The minimum Gasteiger partial charge on any atom is -0.370 e. The number of rotatable bonds is 2. The highest BCUT2D eigenvalue weighted by Gasteiger charge is 2.27. The minimum atomic E-state index is -0.258. The number of morpholine rings is 1. The Morgan fingerprint density at radius 1 is 1.55 bits per heavy atom. The van der Waals surface area contributed by atoms with Gasteiger partial charge in [-0.15, -0.1) is 0 Å². The quantitative estimate of drug-likeness (QED) is 0.862. The fourth-order valence-electron chi connectivity index (χ4n) is 2.40. The van der Waals surface area contributed by atoms with Crippen molar-refractivity contribution in [2.75, 3.05) is 19.7 Å². The second kappa shape index (κ2) is 6.05. The second-order valence-corrected chi connectivity index (χ2v) is 5.98. The fraction of sp³-hybridized carbons (Fsp3) is 0.357. The summed E-state index contributed by atoms with van der Waals surface area (Å²) in [7, 11) is 1.84. The average molecular weight is 367 g/mol. The van der Waals surface area contributed by atoms with Crippen LogP contribution in [0.15, 0.2) is 33.9 Å². The van der Waals surface area contributed by atoms with Gasteiger partial charge in [0.1, 0.15) is 6.10 Å². The predicted octanol–water partition coefficient (Wildman–Crippen LogP) is 1.08. The van der Waals surface area contributed by atoms with Crippen LogP contribution in [0.2, 0.25) is 0 Å². The minimum absolute atomic E-state index is 0.130. The van der Waals surface area contributed by atoms with Gasteiger partial charge in [0, 0.05) is 31.5 Å². The largest absolute Gasteiger partial charge is 0.370 e. The molecule has 1 aliphatic heterocycles. The maximum Gasteiger partial charge on any atom is 0.262 e. The van der Waals surface area contributed by atoms with Crippen molar-refractivity contribution in [3.05, 3.63) is 50.6 Å². The Balaban J connectivity index is 1.77. The monoisotopic (exact) mass is 366 g/mol. The van der Waals surface area contributed by atoms with Crippen molar-refractivity contribution in [1.29, 1.82) is 0 Å². The van der Waals surface area contributed by atoms with E-state index in [9.17, 15) is 9.59 Å². The van der Waals surface area contributed by atoms with Crippen LogP contribution in [-0.4, -0.2) is 45.3 Å². The Labute approximate surface area is 135 Å². The molecule has 2 aromatic rings. The first-order chi connectivity index (χ1) is 10.5. The number of pyridine rings is 1. The van der Waals surface area contributed by atoms with Crippen LogP contribution in [0.1, 0.15) is 22.0 Å². The zero-order valence-corrected chi connectivity index (χ0v) is 13.5. The molecule has 116 valence electrons. The van der Waals surface area contributed by atoms with Crippen LogP contribution >= 0.6 is 15.9 Å². The van der Waals surface area contributed by atoms with Crippen LogP contribution in [0.4, 0.5) is 0 Å². The Morgan fingerprint density at radius 2 is 2.36 bits per heavy atom. The number of aromatic amines is 1. The molecule has 0 aliphatic carbocycles. The van der Waals surface area contributed by atoms with Gasteiger partial charge in [0.25, 0.3) is 11.5 Å². The Morgan fingerprint density at radius 3 is 3.05 bits per heavy atom. The van der Waals surface area contributed by atoms with E-state index in [0.717, 1.165) is 5.56 Å². The molecule has 1 N–H and O–H groups in total. The summed E-state index contributed by atoms with van der Waals surface area (Å²) < 4.78 is 7.77. The Hall–Kier alpha value is -1.93. The van der Waals surface area contributed by atoms with E-state index in [4.69, 9.17) is 4.74 Å². The highest BCUT2D eigenvalue weighted by molar-refractivity contribution is 9.10. The highest BCUT2D eigenvalue weighted by atomic mass is 79.9. The van der Waals surface area contributed by atoms with Crippen LogP contribution < -0.4 is 5.56 Å². The molecule has 3 heterocycles. The zero-order valence-electron chi connectivity index (χ0n) is 12.0. The highest BCUT2D eigenvalue weighted by Crippen LogP contribution is 2.22. The summed E-state index contributed by atoms with van der Waals surface area (Å²) in [5, 5.41) is 4.13. The van der Waals surface area contributed by atoms with E-state index in [1.54, 1.807) is 15.8 Å². The number of hydrogen-bond acceptors (Lipinski definition) is 4. The van der Waals surface area contributed by atoms with E-state index in [-0.39, 0.29) is 17.6 Å². The van der Waals surface area contributed by atoms with Crippen LogP contribution in [0.5, 0.6) is 0 Å². The third-order valence-electron chi connectivity index (χ3n) is 3.56. The van der Waals surface area contributed by atoms with Gasteiger partial charge in [-0.05, 0) is 22.0 Å². The molecular weight excluding hydrogens is 352 g/mol.